The van der Waals surface area contributed by atoms with Crippen molar-refractivity contribution >= 4 is 5.91 Å². The molecule has 1 rings (SSSR count). The van der Waals surface area contributed by atoms with Crippen LogP contribution in [0, 0.1) is 0 Å². The highest BCUT2D eigenvalue weighted by Gasteiger charge is 2.06. The molecular formula is C6H10N4O. The van der Waals surface area contributed by atoms with E-state index in [0.717, 1.165) is 0 Å². The third kappa shape index (κ3) is 1.56. The maximum absolute atomic E-state index is 11.1. The van der Waals surface area contributed by atoms with Crippen LogP contribution in [0.15, 0.2) is 12.3 Å². The summed E-state index contributed by atoms with van der Waals surface area (Å²) in [5.41, 5.74) is 5.51. The second kappa shape index (κ2) is 3.16. The zero-order valence-corrected chi connectivity index (χ0v) is 6.46. The molecule has 0 aliphatic heterocycles. The van der Waals surface area contributed by atoms with Gasteiger partial charge in [0.15, 0.2) is 0 Å². The van der Waals surface area contributed by atoms with Crippen LogP contribution < -0.4 is 10.9 Å². The van der Waals surface area contributed by atoms with Crippen molar-refractivity contribution in [1.82, 2.24) is 20.6 Å². The molecule has 2 N–H and O–H groups in total. The second-order valence-corrected chi connectivity index (χ2v) is 2.04. The third-order valence-corrected chi connectivity index (χ3v) is 1.29. The Morgan fingerprint density at radius 2 is 2.45 bits per heavy atom. The van der Waals surface area contributed by atoms with Gasteiger partial charge in [0.2, 0.25) is 0 Å². The highest BCUT2D eigenvalue weighted by Crippen LogP contribution is 1.93. The predicted octanol–water partition coefficient (Wildman–Crippen LogP) is -0.716. The van der Waals surface area contributed by atoms with Crippen LogP contribution in [-0.2, 0) is 7.05 Å². The first-order chi connectivity index (χ1) is 5.25. The summed E-state index contributed by atoms with van der Waals surface area (Å²) in [6.45, 7) is 0. The molecule has 0 spiro atoms. The highest BCUT2D eigenvalue weighted by molar-refractivity contribution is 5.91. The van der Waals surface area contributed by atoms with Gasteiger partial charge in [-0.05, 0) is 6.07 Å². The van der Waals surface area contributed by atoms with E-state index < -0.39 is 0 Å². The fourth-order valence-corrected chi connectivity index (χ4v) is 0.774. The first kappa shape index (κ1) is 7.74. The van der Waals surface area contributed by atoms with E-state index in [1.165, 1.54) is 4.68 Å². The van der Waals surface area contributed by atoms with Crippen molar-refractivity contribution in [3.05, 3.63) is 18.0 Å². The summed E-state index contributed by atoms with van der Waals surface area (Å²) in [7, 11) is 3.35. The fourth-order valence-electron chi connectivity index (χ4n) is 0.774. The largest absolute Gasteiger partial charge is 0.286 e. The molecule has 5 heteroatoms. The van der Waals surface area contributed by atoms with Crippen molar-refractivity contribution < 1.29 is 4.79 Å². The van der Waals surface area contributed by atoms with Crippen molar-refractivity contribution in [2.75, 3.05) is 7.05 Å². The lowest BCUT2D eigenvalue weighted by atomic mass is 10.4. The van der Waals surface area contributed by atoms with Crippen molar-refractivity contribution in [3.8, 4) is 0 Å². The Balaban J connectivity index is 2.76. The van der Waals surface area contributed by atoms with Gasteiger partial charge in [-0.3, -0.25) is 14.9 Å². The Labute approximate surface area is 64.4 Å². The normalized spacial score (nSPS) is 9.64. The zero-order chi connectivity index (χ0) is 8.27. The standard InChI is InChI=1S/C6H10N4O/c1-7-9-6(11)5-3-4-8-10(5)2/h3-4,7H,1-2H3,(H,9,11). The number of aryl methyl sites for hydroxylation is 1. The summed E-state index contributed by atoms with van der Waals surface area (Å²) in [5.74, 6) is -0.187. The number of hydrogen-bond donors (Lipinski definition) is 2. The molecule has 0 aromatic carbocycles. The van der Waals surface area contributed by atoms with E-state index in [1.54, 1.807) is 26.4 Å². The Hall–Kier alpha value is -1.36. The SMILES string of the molecule is CNNC(=O)c1ccnn1C. The van der Waals surface area contributed by atoms with Crippen molar-refractivity contribution in [1.29, 1.82) is 0 Å². The summed E-state index contributed by atoms with van der Waals surface area (Å²) >= 11 is 0. The number of nitrogens with one attached hydrogen (secondary N) is 2. The smallest absolute Gasteiger partial charge is 0.283 e. The van der Waals surface area contributed by atoms with E-state index in [4.69, 9.17) is 0 Å². The van der Waals surface area contributed by atoms with Gasteiger partial charge in [-0.1, -0.05) is 0 Å². The van der Waals surface area contributed by atoms with Crippen LogP contribution in [0.4, 0.5) is 0 Å². The van der Waals surface area contributed by atoms with Crippen molar-refractivity contribution in [2.24, 2.45) is 7.05 Å². The number of carbonyl (C=O) groups excluding carboxylic acids is 1. The van der Waals surface area contributed by atoms with E-state index in [-0.39, 0.29) is 5.91 Å². The summed E-state index contributed by atoms with van der Waals surface area (Å²) in [6.07, 6.45) is 1.57. The molecule has 11 heavy (non-hydrogen) atoms. The molecule has 1 heterocycles. The molecule has 0 bridgehead atoms. The van der Waals surface area contributed by atoms with Gasteiger partial charge in [0.05, 0.1) is 0 Å². The molecule has 0 saturated heterocycles. The maximum atomic E-state index is 11.1. The molecule has 5 nitrogen and oxygen atoms in total. The molecule has 0 unspecified atom stereocenters. The Kier molecular flexibility index (Phi) is 2.22. The molecule has 0 aliphatic carbocycles. The van der Waals surface area contributed by atoms with Crippen LogP contribution in [0.1, 0.15) is 10.5 Å². The molecule has 0 fully saturated rings. The number of hydrazine groups is 1. The monoisotopic (exact) mass is 154 g/mol. The van der Waals surface area contributed by atoms with E-state index in [2.05, 4.69) is 16.0 Å². The first-order valence-electron chi connectivity index (χ1n) is 3.21. The van der Waals surface area contributed by atoms with Crippen molar-refractivity contribution in [2.45, 2.75) is 0 Å². The van der Waals surface area contributed by atoms with Gasteiger partial charge >= 0.3 is 0 Å². The van der Waals surface area contributed by atoms with Gasteiger partial charge in [-0.15, -0.1) is 0 Å². The number of amides is 1. The van der Waals surface area contributed by atoms with Gasteiger partial charge in [-0.2, -0.15) is 5.10 Å². The summed E-state index contributed by atoms with van der Waals surface area (Å²) < 4.78 is 1.51. The molecule has 0 atom stereocenters. The molecule has 1 aromatic rings. The number of hydrogen-bond acceptors (Lipinski definition) is 3. The maximum Gasteiger partial charge on any atom is 0.283 e. The minimum absolute atomic E-state index is 0.187. The van der Waals surface area contributed by atoms with E-state index in [1.807, 2.05) is 0 Å². The van der Waals surface area contributed by atoms with Gasteiger partial charge < -0.3 is 0 Å². The van der Waals surface area contributed by atoms with Gasteiger partial charge in [0, 0.05) is 20.3 Å². The summed E-state index contributed by atoms with van der Waals surface area (Å²) in [4.78, 5) is 11.1. The van der Waals surface area contributed by atoms with Crippen LogP contribution >= 0.6 is 0 Å². The minimum Gasteiger partial charge on any atom is -0.286 e. The second-order valence-electron chi connectivity index (χ2n) is 2.04. The first-order valence-corrected chi connectivity index (χ1v) is 3.21. The number of aromatic nitrogens is 2. The molecule has 0 saturated carbocycles. The van der Waals surface area contributed by atoms with E-state index in [0.29, 0.717) is 5.69 Å². The highest BCUT2D eigenvalue weighted by atomic mass is 16.2. The Morgan fingerprint density at radius 1 is 1.73 bits per heavy atom. The third-order valence-electron chi connectivity index (χ3n) is 1.29. The fraction of sp³-hybridized carbons (Fsp3) is 0.333. The van der Waals surface area contributed by atoms with Crippen LogP contribution in [-0.4, -0.2) is 22.7 Å². The molecule has 0 radical (unpaired) electrons. The van der Waals surface area contributed by atoms with Crippen LogP contribution in [0.5, 0.6) is 0 Å². The van der Waals surface area contributed by atoms with Crippen LogP contribution in [0.2, 0.25) is 0 Å². The zero-order valence-electron chi connectivity index (χ0n) is 6.46. The number of carbonyl (C=O) groups is 1. The van der Waals surface area contributed by atoms with Crippen molar-refractivity contribution in [3.63, 3.8) is 0 Å². The van der Waals surface area contributed by atoms with Gasteiger partial charge in [0.1, 0.15) is 5.69 Å². The lowest BCUT2D eigenvalue weighted by molar-refractivity contribution is 0.0928. The van der Waals surface area contributed by atoms with Gasteiger partial charge in [0.25, 0.3) is 5.91 Å². The topological polar surface area (TPSA) is 58.9 Å². The number of rotatable bonds is 2. The van der Waals surface area contributed by atoms with Crippen LogP contribution in [0.25, 0.3) is 0 Å². The van der Waals surface area contributed by atoms with E-state index in [9.17, 15) is 4.79 Å². The minimum atomic E-state index is -0.187. The molecule has 60 valence electrons. The molecule has 0 aliphatic rings. The summed E-state index contributed by atoms with van der Waals surface area (Å²) in [5, 5.41) is 3.85. The number of nitrogens with zero attached hydrogens (tertiary/aromatic N) is 2. The predicted molar refractivity (Wildman–Crippen MR) is 39.7 cm³/mol. The van der Waals surface area contributed by atoms with Gasteiger partial charge in [-0.25, -0.2) is 5.43 Å². The van der Waals surface area contributed by atoms with Crippen LogP contribution in [0.3, 0.4) is 0 Å². The lowest BCUT2D eigenvalue weighted by Crippen LogP contribution is -2.35. The Bertz CT molecular complexity index is 255. The molecule has 1 amide bonds. The average Bonchev–Trinajstić information content (AvgIpc) is 2.36. The molecule has 1 aromatic heterocycles. The summed E-state index contributed by atoms with van der Waals surface area (Å²) in [6, 6.07) is 1.65. The average molecular weight is 154 g/mol. The lowest BCUT2D eigenvalue weighted by Gasteiger charge is -2.01. The molecular weight excluding hydrogens is 144 g/mol. The quantitative estimate of drug-likeness (QED) is 0.553. The van der Waals surface area contributed by atoms with E-state index >= 15 is 0 Å². The Morgan fingerprint density at radius 3 is 2.91 bits per heavy atom.